The van der Waals surface area contributed by atoms with Crippen molar-refractivity contribution >= 4 is 29.4 Å². The molecule has 242 valence electrons. The molecule has 2 fully saturated rings. The van der Waals surface area contributed by atoms with E-state index in [0.29, 0.717) is 19.3 Å². The molecule has 2 N–H and O–H groups in total. The summed E-state index contributed by atoms with van der Waals surface area (Å²) in [4.78, 5) is 59.4. The van der Waals surface area contributed by atoms with Crippen molar-refractivity contribution in [3.63, 3.8) is 0 Å². The van der Waals surface area contributed by atoms with Gasteiger partial charge in [-0.15, -0.1) is 0 Å². The van der Waals surface area contributed by atoms with Gasteiger partial charge in [0.1, 0.15) is 18.2 Å². The molecule has 4 aliphatic heterocycles. The Labute approximate surface area is 269 Å². The number of aliphatic hydroxyl groups excluding tert-OH is 1. The van der Waals surface area contributed by atoms with Gasteiger partial charge < -0.3 is 29.7 Å². The van der Waals surface area contributed by atoms with Gasteiger partial charge in [0.25, 0.3) is 5.91 Å². The lowest BCUT2D eigenvalue weighted by Crippen LogP contribution is -2.55. The van der Waals surface area contributed by atoms with Crippen LogP contribution in [0, 0.1) is 25.7 Å². The number of carbonyl (C=O) groups is 4. The Morgan fingerprint density at radius 2 is 1.72 bits per heavy atom. The number of hydrogen-bond acceptors (Lipinski definition) is 7. The number of esters is 1. The number of fused-ring (bicyclic) bond motifs is 2. The molecule has 0 bridgehead atoms. The van der Waals surface area contributed by atoms with Crippen molar-refractivity contribution in [2.24, 2.45) is 11.8 Å². The Bertz CT molecular complexity index is 1540. The van der Waals surface area contributed by atoms with Gasteiger partial charge in [-0.3, -0.25) is 19.2 Å². The predicted molar refractivity (Wildman–Crippen MR) is 170 cm³/mol. The summed E-state index contributed by atoms with van der Waals surface area (Å²) >= 11 is 0. The molecule has 10 heteroatoms. The van der Waals surface area contributed by atoms with Crippen molar-refractivity contribution < 1.29 is 33.8 Å². The van der Waals surface area contributed by atoms with Gasteiger partial charge in [-0.2, -0.15) is 0 Å². The summed E-state index contributed by atoms with van der Waals surface area (Å²) in [6.45, 7) is 4.34. The van der Waals surface area contributed by atoms with Crippen molar-refractivity contribution in [1.82, 2.24) is 10.2 Å². The van der Waals surface area contributed by atoms with Crippen LogP contribution >= 0.6 is 0 Å². The summed E-state index contributed by atoms with van der Waals surface area (Å²) in [5, 5.41) is 12.6. The lowest BCUT2D eigenvalue weighted by Gasteiger charge is -2.36. The minimum Gasteiger partial charge on any atom is -0.463 e. The van der Waals surface area contributed by atoms with Crippen LogP contribution in [0.3, 0.4) is 0 Å². The summed E-state index contributed by atoms with van der Waals surface area (Å²) in [5.74, 6) is -3.30. The molecule has 4 heterocycles. The number of anilines is 1. The number of cyclic esters (lactones) is 1. The second kappa shape index (κ2) is 13.2. The van der Waals surface area contributed by atoms with Crippen molar-refractivity contribution in [2.75, 3.05) is 31.2 Å². The summed E-state index contributed by atoms with van der Waals surface area (Å²) in [5.41, 5.74) is 2.02. The molecule has 1 spiro atoms. The molecule has 0 radical (unpaired) electrons. The average Bonchev–Trinajstić information content (AvgIpc) is 3.42. The van der Waals surface area contributed by atoms with E-state index in [1.54, 1.807) is 22.0 Å². The largest absolute Gasteiger partial charge is 0.463 e. The monoisotopic (exact) mass is 627 g/mol. The number of aryl methyl sites for hydroxylation is 2. The molecular weight excluding hydrogens is 586 g/mol. The lowest BCUT2D eigenvalue weighted by molar-refractivity contribution is -0.146. The van der Waals surface area contributed by atoms with E-state index in [-0.39, 0.29) is 50.5 Å². The van der Waals surface area contributed by atoms with E-state index in [9.17, 15) is 24.3 Å². The first-order valence-electron chi connectivity index (χ1n) is 16.1. The van der Waals surface area contributed by atoms with E-state index in [2.05, 4.69) is 5.32 Å². The fraction of sp³-hybridized carbons (Fsp3) is 0.444. The molecule has 0 aliphatic carbocycles. The van der Waals surface area contributed by atoms with Crippen LogP contribution in [-0.4, -0.2) is 77.7 Å². The Balaban J connectivity index is 1.43. The molecule has 3 amide bonds. The zero-order valence-electron chi connectivity index (χ0n) is 26.3. The number of carbonyl (C=O) groups excluding carboxylic acids is 4. The second-order valence-corrected chi connectivity index (χ2v) is 12.5. The number of rotatable bonds is 6. The van der Waals surface area contributed by atoms with Crippen LogP contribution in [0.4, 0.5) is 5.69 Å². The maximum absolute atomic E-state index is 14.7. The Hall–Kier alpha value is -4.28. The van der Waals surface area contributed by atoms with E-state index in [4.69, 9.17) is 9.47 Å². The number of aliphatic hydroxyl groups is 1. The highest BCUT2D eigenvalue weighted by molar-refractivity contribution is 6.06. The van der Waals surface area contributed by atoms with Gasteiger partial charge in [0.05, 0.1) is 24.0 Å². The zero-order chi connectivity index (χ0) is 32.4. The number of likely N-dealkylation sites (tertiary alicyclic amines) is 1. The summed E-state index contributed by atoms with van der Waals surface area (Å²) < 4.78 is 12.3. The van der Waals surface area contributed by atoms with E-state index < -0.39 is 41.5 Å². The molecule has 6 atom stereocenters. The summed E-state index contributed by atoms with van der Waals surface area (Å²) in [7, 11) is 0. The quantitative estimate of drug-likeness (QED) is 0.286. The van der Waals surface area contributed by atoms with Crippen LogP contribution in [0.1, 0.15) is 48.4 Å². The second-order valence-electron chi connectivity index (χ2n) is 12.5. The van der Waals surface area contributed by atoms with Gasteiger partial charge in [0.15, 0.2) is 0 Å². The first-order valence-corrected chi connectivity index (χ1v) is 16.1. The Morgan fingerprint density at radius 3 is 2.46 bits per heavy atom. The smallest absolute Gasteiger partial charge is 0.306 e. The van der Waals surface area contributed by atoms with Crippen molar-refractivity contribution in [3.05, 3.63) is 89.5 Å². The molecule has 46 heavy (non-hydrogen) atoms. The van der Waals surface area contributed by atoms with Gasteiger partial charge >= 0.3 is 5.97 Å². The molecule has 2 aromatic carbocycles. The molecular formula is C36H41N3O7. The number of benzene rings is 2. The summed E-state index contributed by atoms with van der Waals surface area (Å²) in [6.07, 6.45) is 7.89. The number of amides is 3. The highest BCUT2D eigenvalue weighted by Crippen LogP contribution is 2.53. The number of unbranched alkanes of at least 4 members (excludes halogenated alkanes) is 1. The third-order valence-corrected chi connectivity index (χ3v) is 9.58. The number of ether oxygens (including phenoxy) is 2. The van der Waals surface area contributed by atoms with Crippen LogP contribution in [0.15, 0.2) is 72.8 Å². The molecule has 4 aliphatic rings. The Morgan fingerprint density at radius 1 is 0.957 bits per heavy atom. The van der Waals surface area contributed by atoms with E-state index in [1.165, 1.54) is 0 Å². The van der Waals surface area contributed by atoms with E-state index in [0.717, 1.165) is 22.4 Å². The van der Waals surface area contributed by atoms with Crippen LogP contribution in [0.25, 0.3) is 0 Å². The molecule has 0 aromatic heterocycles. The van der Waals surface area contributed by atoms with Crippen molar-refractivity contribution in [3.8, 4) is 0 Å². The third-order valence-electron chi connectivity index (χ3n) is 9.58. The molecule has 2 aromatic rings. The fourth-order valence-electron chi connectivity index (χ4n) is 7.50. The maximum atomic E-state index is 14.7. The number of allylic oxidation sites excluding steroid dienone is 1. The van der Waals surface area contributed by atoms with Gasteiger partial charge in [-0.25, -0.2) is 0 Å². The van der Waals surface area contributed by atoms with Gasteiger partial charge in [-0.1, -0.05) is 72.8 Å². The number of nitrogens with one attached hydrogen (secondary N) is 1. The highest BCUT2D eigenvalue weighted by atomic mass is 16.5. The normalized spacial score (nSPS) is 30.4. The lowest BCUT2D eigenvalue weighted by atomic mass is 9.77. The number of para-hydroxylation sites is 1. The zero-order valence-corrected chi connectivity index (χ0v) is 26.3. The number of nitrogens with zero attached hydrogens (tertiary/aromatic N) is 2. The Kier molecular flexibility index (Phi) is 9.11. The first-order chi connectivity index (χ1) is 22.3. The maximum Gasteiger partial charge on any atom is 0.306 e. The molecule has 2 saturated heterocycles. The van der Waals surface area contributed by atoms with Gasteiger partial charge in [0, 0.05) is 31.8 Å². The molecule has 0 saturated carbocycles. The SMILES string of the molecule is Cc1cccc(C)c1N1CC=C[C@@]23O[C@H]4/C=C\CCC(=O)OC[C@H](c5ccccc5)NC(=O)[C@H]4[C@@H]2C(=O)N(CCCCO)[C@H]3C1=O. The van der Waals surface area contributed by atoms with E-state index >= 15 is 0 Å². The van der Waals surface area contributed by atoms with Crippen LogP contribution in [-0.2, 0) is 28.7 Å². The fourth-order valence-corrected chi connectivity index (χ4v) is 7.50. The topological polar surface area (TPSA) is 125 Å². The van der Waals surface area contributed by atoms with Crippen LogP contribution in [0.5, 0.6) is 0 Å². The van der Waals surface area contributed by atoms with E-state index in [1.807, 2.05) is 74.5 Å². The number of hydrogen-bond donors (Lipinski definition) is 2. The molecule has 0 unspecified atom stereocenters. The van der Waals surface area contributed by atoms with Crippen LogP contribution in [0.2, 0.25) is 0 Å². The third kappa shape index (κ3) is 5.64. The van der Waals surface area contributed by atoms with Gasteiger partial charge in [-0.05, 0) is 49.8 Å². The minimum atomic E-state index is -1.40. The standard InChI is InChI=1S/C36H41N3O7/c1-23-12-10-13-24(2)31(23)38-20-11-18-36-30(34(43)39(19-8-9-21-40)32(36)35(38)44)29-27(46-36)16-6-7-17-28(41)45-22-26(37-33(29)42)25-14-4-3-5-15-25/h3-6,10-16,18,26-27,29-30,32,40H,7-9,17,19-22H2,1-2H3,(H,37,42)/b16-6-/t26-,27+,29-,30-,32+,36-/m1/s1. The van der Waals surface area contributed by atoms with Crippen molar-refractivity contribution in [1.29, 1.82) is 0 Å². The average molecular weight is 628 g/mol. The van der Waals surface area contributed by atoms with Gasteiger partial charge in [0.2, 0.25) is 11.8 Å². The first kappa shape index (κ1) is 31.7. The van der Waals surface area contributed by atoms with Crippen molar-refractivity contribution in [2.45, 2.75) is 63.3 Å². The predicted octanol–water partition coefficient (Wildman–Crippen LogP) is 3.31. The molecule has 6 rings (SSSR count). The van der Waals surface area contributed by atoms with Crippen LogP contribution < -0.4 is 10.2 Å². The summed E-state index contributed by atoms with van der Waals surface area (Å²) in [6, 6.07) is 13.5. The molecule has 10 nitrogen and oxygen atoms in total. The minimum absolute atomic E-state index is 0.0382. The highest BCUT2D eigenvalue weighted by Gasteiger charge is 2.71.